The van der Waals surface area contributed by atoms with E-state index in [2.05, 4.69) is 23.7 Å². The van der Waals surface area contributed by atoms with E-state index < -0.39 is 0 Å². The van der Waals surface area contributed by atoms with Gasteiger partial charge in [-0.05, 0) is 6.92 Å². The highest BCUT2D eigenvalue weighted by atomic mass is 16.3. The number of hydrogen-bond acceptors (Lipinski definition) is 3. The maximum Gasteiger partial charge on any atom is 0.0597 e. The molecule has 70 valence electrons. The maximum absolute atomic E-state index is 8.98. The van der Waals surface area contributed by atoms with Gasteiger partial charge in [-0.25, -0.2) is 0 Å². The van der Waals surface area contributed by atoms with Gasteiger partial charge in [0.1, 0.15) is 0 Å². The van der Waals surface area contributed by atoms with E-state index >= 15 is 0 Å². The molecule has 1 fully saturated rings. The summed E-state index contributed by atoms with van der Waals surface area (Å²) in [6.07, 6.45) is 1.91. The van der Waals surface area contributed by atoms with Crippen LogP contribution in [0.2, 0.25) is 0 Å². The number of aliphatic hydroxyl groups excluding tert-OH is 1. The van der Waals surface area contributed by atoms with E-state index in [1.165, 1.54) is 0 Å². The molecular weight excluding hydrogens is 152 g/mol. The summed E-state index contributed by atoms with van der Waals surface area (Å²) in [7, 11) is 0. The molecule has 1 heterocycles. The summed E-state index contributed by atoms with van der Waals surface area (Å²) in [5.41, 5.74) is 0. The molecule has 2 atom stereocenters. The molecule has 0 radical (unpaired) electrons. The molecule has 1 rings (SSSR count). The first kappa shape index (κ1) is 9.71. The van der Waals surface area contributed by atoms with Crippen molar-refractivity contribution in [1.82, 2.24) is 10.2 Å². The Hall–Kier alpha value is -0.380. The first-order valence-electron chi connectivity index (χ1n) is 4.46. The van der Waals surface area contributed by atoms with Gasteiger partial charge in [0.25, 0.3) is 0 Å². The fraction of sp³-hybridized carbons (Fsp3) is 0.778. The average molecular weight is 170 g/mol. The molecule has 1 aliphatic heterocycles. The number of nitrogens with zero attached hydrogens (tertiary/aromatic N) is 1. The van der Waals surface area contributed by atoms with Crippen molar-refractivity contribution in [3.8, 4) is 0 Å². The lowest BCUT2D eigenvalue weighted by atomic mass is 10.1. The summed E-state index contributed by atoms with van der Waals surface area (Å²) in [4.78, 5) is 2.30. The van der Waals surface area contributed by atoms with Crippen molar-refractivity contribution in [2.75, 3.05) is 26.2 Å². The van der Waals surface area contributed by atoms with Crippen LogP contribution < -0.4 is 5.32 Å². The Kier molecular flexibility index (Phi) is 3.72. The number of nitrogens with one attached hydrogen (secondary N) is 1. The van der Waals surface area contributed by atoms with Gasteiger partial charge in [0.2, 0.25) is 0 Å². The largest absolute Gasteiger partial charge is 0.395 e. The van der Waals surface area contributed by atoms with Crippen molar-refractivity contribution in [3.05, 3.63) is 12.7 Å². The molecule has 1 saturated heterocycles. The highest BCUT2D eigenvalue weighted by Gasteiger charge is 2.21. The van der Waals surface area contributed by atoms with Crippen LogP contribution in [0, 0.1) is 0 Å². The van der Waals surface area contributed by atoms with Crippen LogP contribution in [0.5, 0.6) is 0 Å². The second kappa shape index (κ2) is 4.60. The second-order valence-corrected chi connectivity index (χ2v) is 3.45. The summed E-state index contributed by atoms with van der Waals surface area (Å²) in [5.74, 6) is 0. The van der Waals surface area contributed by atoms with Gasteiger partial charge in [-0.15, -0.1) is 6.58 Å². The van der Waals surface area contributed by atoms with Crippen molar-refractivity contribution in [1.29, 1.82) is 0 Å². The molecular formula is C9H18N2O. The summed E-state index contributed by atoms with van der Waals surface area (Å²) >= 11 is 0. The zero-order valence-electron chi connectivity index (χ0n) is 7.66. The van der Waals surface area contributed by atoms with Crippen LogP contribution in [0.15, 0.2) is 12.7 Å². The number of piperazine rings is 1. The lowest BCUT2D eigenvalue weighted by Crippen LogP contribution is -2.56. The highest BCUT2D eigenvalue weighted by molar-refractivity contribution is 4.86. The van der Waals surface area contributed by atoms with Crippen molar-refractivity contribution in [2.24, 2.45) is 0 Å². The van der Waals surface area contributed by atoms with E-state index in [9.17, 15) is 0 Å². The van der Waals surface area contributed by atoms with Crippen molar-refractivity contribution in [2.45, 2.75) is 19.0 Å². The maximum atomic E-state index is 8.98. The van der Waals surface area contributed by atoms with Crippen LogP contribution >= 0.6 is 0 Å². The summed E-state index contributed by atoms with van der Waals surface area (Å²) in [5, 5.41) is 12.3. The molecule has 1 aliphatic rings. The first-order valence-corrected chi connectivity index (χ1v) is 4.46. The van der Waals surface area contributed by atoms with Gasteiger partial charge in [0.15, 0.2) is 0 Å². The van der Waals surface area contributed by atoms with Crippen LogP contribution in [0.25, 0.3) is 0 Å². The van der Waals surface area contributed by atoms with Crippen LogP contribution in [0.1, 0.15) is 6.92 Å². The Balaban J connectivity index is 2.39. The summed E-state index contributed by atoms with van der Waals surface area (Å²) < 4.78 is 0. The molecule has 0 saturated carbocycles. The molecule has 0 aromatic rings. The number of hydrogen-bond donors (Lipinski definition) is 2. The number of aliphatic hydroxyl groups is 1. The predicted octanol–water partition coefficient (Wildman–Crippen LogP) is -0.173. The smallest absolute Gasteiger partial charge is 0.0597 e. The zero-order chi connectivity index (χ0) is 8.97. The average Bonchev–Trinajstić information content (AvgIpc) is 2.04. The van der Waals surface area contributed by atoms with E-state index in [4.69, 9.17) is 5.11 Å². The molecule has 0 spiro atoms. The fourth-order valence-electron chi connectivity index (χ4n) is 1.72. The zero-order valence-corrected chi connectivity index (χ0v) is 7.66. The fourth-order valence-corrected chi connectivity index (χ4v) is 1.72. The lowest BCUT2D eigenvalue weighted by Gasteiger charge is -2.36. The van der Waals surface area contributed by atoms with E-state index in [0.29, 0.717) is 6.04 Å². The normalized spacial score (nSPS) is 31.8. The second-order valence-electron chi connectivity index (χ2n) is 3.45. The third kappa shape index (κ3) is 2.59. The Bertz CT molecular complexity index is 149. The summed E-state index contributed by atoms with van der Waals surface area (Å²) in [6.45, 7) is 8.95. The molecule has 0 aromatic carbocycles. The predicted molar refractivity (Wildman–Crippen MR) is 50.1 cm³/mol. The van der Waals surface area contributed by atoms with E-state index in [1.54, 1.807) is 0 Å². The minimum atomic E-state index is 0.220. The monoisotopic (exact) mass is 170 g/mol. The van der Waals surface area contributed by atoms with E-state index in [1.807, 2.05) is 6.08 Å². The Morgan fingerprint density at radius 2 is 2.42 bits per heavy atom. The molecule has 0 aromatic heterocycles. The van der Waals surface area contributed by atoms with Crippen molar-refractivity contribution in [3.63, 3.8) is 0 Å². The molecule has 0 amide bonds. The SMILES string of the molecule is C=CCN1CC(C)NC(CO)C1. The van der Waals surface area contributed by atoms with Crippen molar-refractivity contribution < 1.29 is 5.11 Å². The molecule has 12 heavy (non-hydrogen) atoms. The topological polar surface area (TPSA) is 35.5 Å². The van der Waals surface area contributed by atoms with Crippen LogP contribution in [-0.4, -0.2) is 48.3 Å². The first-order chi connectivity index (χ1) is 5.76. The standard InChI is InChI=1S/C9H18N2O/c1-3-4-11-5-8(2)10-9(6-11)7-12/h3,8-10,12H,1,4-7H2,2H3. The molecule has 0 bridgehead atoms. The summed E-state index contributed by atoms with van der Waals surface area (Å²) in [6, 6.07) is 0.699. The van der Waals surface area contributed by atoms with Gasteiger partial charge in [0.05, 0.1) is 6.61 Å². The van der Waals surface area contributed by atoms with Gasteiger partial charge in [-0.3, -0.25) is 4.90 Å². The quantitative estimate of drug-likeness (QED) is 0.577. The van der Waals surface area contributed by atoms with Gasteiger partial charge >= 0.3 is 0 Å². The van der Waals surface area contributed by atoms with Gasteiger partial charge < -0.3 is 10.4 Å². The Labute approximate surface area is 74.1 Å². The highest BCUT2D eigenvalue weighted by Crippen LogP contribution is 2.03. The van der Waals surface area contributed by atoms with Gasteiger partial charge in [-0.2, -0.15) is 0 Å². The van der Waals surface area contributed by atoms with Crippen LogP contribution in [-0.2, 0) is 0 Å². The van der Waals surface area contributed by atoms with Crippen LogP contribution in [0.3, 0.4) is 0 Å². The van der Waals surface area contributed by atoms with Crippen molar-refractivity contribution >= 4 is 0 Å². The van der Waals surface area contributed by atoms with Gasteiger partial charge in [0, 0.05) is 31.7 Å². The van der Waals surface area contributed by atoms with Crippen LogP contribution in [0.4, 0.5) is 0 Å². The lowest BCUT2D eigenvalue weighted by molar-refractivity contribution is 0.134. The Morgan fingerprint density at radius 1 is 1.67 bits per heavy atom. The molecule has 2 unspecified atom stereocenters. The molecule has 3 heteroatoms. The minimum Gasteiger partial charge on any atom is -0.395 e. The molecule has 3 nitrogen and oxygen atoms in total. The van der Waals surface area contributed by atoms with Gasteiger partial charge in [-0.1, -0.05) is 6.08 Å². The Morgan fingerprint density at radius 3 is 3.00 bits per heavy atom. The number of rotatable bonds is 3. The molecule has 2 N–H and O–H groups in total. The van der Waals surface area contributed by atoms with E-state index in [0.717, 1.165) is 19.6 Å². The third-order valence-corrected chi connectivity index (χ3v) is 2.14. The third-order valence-electron chi connectivity index (χ3n) is 2.14. The van der Waals surface area contributed by atoms with E-state index in [-0.39, 0.29) is 12.6 Å². The molecule has 0 aliphatic carbocycles. The minimum absolute atomic E-state index is 0.220.